The van der Waals surface area contributed by atoms with Crippen LogP contribution >= 0.6 is 40.1 Å². The number of amides is 1. The van der Waals surface area contributed by atoms with Gasteiger partial charge in [0, 0.05) is 17.6 Å². The molecule has 1 aromatic rings. The van der Waals surface area contributed by atoms with Crippen LogP contribution in [0.3, 0.4) is 0 Å². The van der Waals surface area contributed by atoms with Crippen LogP contribution in [0.1, 0.15) is 17.5 Å². The molecule has 0 aliphatic carbocycles. The minimum absolute atomic E-state index is 0. The fourth-order valence-corrected chi connectivity index (χ4v) is 3.45. The molecule has 6 heteroatoms. The van der Waals surface area contributed by atoms with E-state index in [-0.39, 0.29) is 24.4 Å². The number of benzene rings is 1. The van der Waals surface area contributed by atoms with Crippen LogP contribution in [0, 0.1) is 0 Å². The van der Waals surface area contributed by atoms with Gasteiger partial charge in [0.15, 0.2) is 0 Å². The molecular formula is C14H20BrClN2OS. The van der Waals surface area contributed by atoms with Gasteiger partial charge >= 0.3 is 0 Å². The molecular weight excluding hydrogens is 360 g/mol. The average Bonchev–Trinajstić information content (AvgIpc) is 2.43. The Hall–Kier alpha value is -0.230. The van der Waals surface area contributed by atoms with E-state index >= 15 is 0 Å². The highest BCUT2D eigenvalue weighted by molar-refractivity contribution is 9.10. The summed E-state index contributed by atoms with van der Waals surface area (Å²) in [6, 6.07) is 5.80. The number of hydrogen-bond donors (Lipinski definition) is 1. The van der Waals surface area contributed by atoms with Crippen molar-refractivity contribution < 1.29 is 4.79 Å². The van der Waals surface area contributed by atoms with Gasteiger partial charge in [0.1, 0.15) is 0 Å². The highest BCUT2D eigenvalue weighted by Crippen LogP contribution is 2.26. The summed E-state index contributed by atoms with van der Waals surface area (Å²) in [6.07, 6.45) is 3.69. The highest BCUT2D eigenvalue weighted by atomic mass is 79.9. The molecule has 1 aromatic carbocycles. The number of hydrogen-bond acceptors (Lipinski definition) is 3. The van der Waals surface area contributed by atoms with Gasteiger partial charge in [-0.3, -0.25) is 4.79 Å². The summed E-state index contributed by atoms with van der Waals surface area (Å²) >= 11 is 5.30. The van der Waals surface area contributed by atoms with Crippen molar-refractivity contribution >= 4 is 46.0 Å². The monoisotopic (exact) mass is 378 g/mol. The number of nitrogens with two attached hydrogens (primary N) is 1. The van der Waals surface area contributed by atoms with Crippen LogP contribution in [-0.4, -0.2) is 35.4 Å². The standard InChI is InChI=1S/C14H19BrN2OS.ClH/c1-19-8-6-13(16)14(18)17-7-5-11-10(9-17)3-2-4-12(11)15;/h2-4,13H,5-9,16H2,1H3;1H. The zero-order valence-electron chi connectivity index (χ0n) is 11.5. The first-order valence-electron chi connectivity index (χ1n) is 6.43. The Bertz CT molecular complexity index is 472. The van der Waals surface area contributed by atoms with Crippen molar-refractivity contribution in [2.24, 2.45) is 5.73 Å². The van der Waals surface area contributed by atoms with Gasteiger partial charge in [-0.05, 0) is 42.0 Å². The molecule has 20 heavy (non-hydrogen) atoms. The van der Waals surface area contributed by atoms with E-state index in [0.717, 1.165) is 29.6 Å². The van der Waals surface area contributed by atoms with Gasteiger partial charge < -0.3 is 10.6 Å². The van der Waals surface area contributed by atoms with Crippen molar-refractivity contribution in [2.75, 3.05) is 18.6 Å². The van der Waals surface area contributed by atoms with Crippen LogP contribution in [0.2, 0.25) is 0 Å². The lowest BCUT2D eigenvalue weighted by atomic mass is 9.99. The summed E-state index contributed by atoms with van der Waals surface area (Å²) in [6.45, 7) is 1.45. The van der Waals surface area contributed by atoms with E-state index in [1.165, 1.54) is 11.1 Å². The van der Waals surface area contributed by atoms with E-state index in [4.69, 9.17) is 5.73 Å². The van der Waals surface area contributed by atoms with Crippen LogP contribution in [-0.2, 0) is 17.8 Å². The fraction of sp³-hybridized carbons (Fsp3) is 0.500. The zero-order valence-corrected chi connectivity index (χ0v) is 14.7. The summed E-state index contributed by atoms with van der Waals surface area (Å²) in [5.74, 6) is 1.02. The maximum Gasteiger partial charge on any atom is 0.239 e. The number of nitrogens with zero attached hydrogens (tertiary/aromatic N) is 1. The zero-order chi connectivity index (χ0) is 13.8. The molecule has 0 spiro atoms. The molecule has 0 aromatic heterocycles. The van der Waals surface area contributed by atoms with E-state index in [1.807, 2.05) is 17.2 Å². The fourth-order valence-electron chi connectivity index (χ4n) is 2.35. The molecule has 1 amide bonds. The second-order valence-corrected chi connectivity index (χ2v) is 6.62. The molecule has 0 bridgehead atoms. The van der Waals surface area contributed by atoms with Gasteiger partial charge in [-0.25, -0.2) is 0 Å². The van der Waals surface area contributed by atoms with Crippen molar-refractivity contribution in [1.82, 2.24) is 4.90 Å². The third-order valence-corrected chi connectivity index (χ3v) is 4.86. The predicted molar refractivity (Wildman–Crippen MR) is 91.5 cm³/mol. The summed E-state index contributed by atoms with van der Waals surface area (Å²) in [4.78, 5) is 14.2. The second kappa shape index (κ2) is 8.27. The molecule has 1 aliphatic rings. The maximum atomic E-state index is 12.3. The lowest BCUT2D eigenvalue weighted by Gasteiger charge is -2.31. The van der Waals surface area contributed by atoms with Crippen LogP contribution < -0.4 is 5.73 Å². The number of carbonyl (C=O) groups excluding carboxylic acids is 1. The Labute approximate surface area is 139 Å². The molecule has 2 rings (SSSR count). The van der Waals surface area contributed by atoms with E-state index in [2.05, 4.69) is 28.1 Å². The number of fused-ring (bicyclic) bond motifs is 1. The average molecular weight is 380 g/mol. The molecule has 0 radical (unpaired) electrons. The minimum atomic E-state index is -0.360. The van der Waals surface area contributed by atoms with Crippen LogP contribution in [0.25, 0.3) is 0 Å². The Morgan fingerprint density at radius 1 is 1.55 bits per heavy atom. The van der Waals surface area contributed by atoms with Crippen LogP contribution in [0.5, 0.6) is 0 Å². The molecule has 3 nitrogen and oxygen atoms in total. The number of thioether (sulfide) groups is 1. The van der Waals surface area contributed by atoms with E-state index in [0.29, 0.717) is 6.54 Å². The Morgan fingerprint density at radius 3 is 3.00 bits per heavy atom. The van der Waals surface area contributed by atoms with E-state index < -0.39 is 0 Å². The molecule has 0 saturated carbocycles. The van der Waals surface area contributed by atoms with Crippen molar-refractivity contribution in [2.45, 2.75) is 25.4 Å². The van der Waals surface area contributed by atoms with Crippen molar-refractivity contribution in [3.05, 3.63) is 33.8 Å². The smallest absolute Gasteiger partial charge is 0.239 e. The van der Waals surface area contributed by atoms with Gasteiger partial charge in [-0.1, -0.05) is 28.1 Å². The van der Waals surface area contributed by atoms with Crippen molar-refractivity contribution in [3.63, 3.8) is 0 Å². The molecule has 1 aliphatic heterocycles. The summed E-state index contributed by atoms with van der Waals surface area (Å²) in [5.41, 5.74) is 8.52. The number of halogens is 2. The Kier molecular flexibility index (Phi) is 7.37. The summed E-state index contributed by atoms with van der Waals surface area (Å²) < 4.78 is 1.14. The van der Waals surface area contributed by atoms with Gasteiger partial charge in [0.25, 0.3) is 0 Å². The minimum Gasteiger partial charge on any atom is -0.337 e. The van der Waals surface area contributed by atoms with Crippen LogP contribution in [0.15, 0.2) is 22.7 Å². The Balaban J connectivity index is 0.00000200. The molecule has 1 heterocycles. The van der Waals surface area contributed by atoms with Gasteiger partial charge in [-0.15, -0.1) is 12.4 Å². The van der Waals surface area contributed by atoms with Crippen molar-refractivity contribution in [1.29, 1.82) is 0 Å². The first-order chi connectivity index (χ1) is 9.13. The summed E-state index contributed by atoms with van der Waals surface area (Å²) in [7, 11) is 0. The Morgan fingerprint density at radius 2 is 2.30 bits per heavy atom. The first kappa shape index (κ1) is 17.8. The quantitative estimate of drug-likeness (QED) is 0.875. The highest BCUT2D eigenvalue weighted by Gasteiger charge is 2.25. The first-order valence-corrected chi connectivity index (χ1v) is 8.61. The maximum absolute atomic E-state index is 12.3. The number of carbonyl (C=O) groups is 1. The molecule has 0 saturated heterocycles. The van der Waals surface area contributed by atoms with E-state index in [9.17, 15) is 4.79 Å². The lowest BCUT2D eigenvalue weighted by molar-refractivity contribution is -0.133. The number of rotatable bonds is 4. The molecule has 1 atom stereocenters. The van der Waals surface area contributed by atoms with E-state index in [1.54, 1.807) is 11.8 Å². The van der Waals surface area contributed by atoms with Gasteiger partial charge in [-0.2, -0.15) is 11.8 Å². The largest absolute Gasteiger partial charge is 0.337 e. The predicted octanol–water partition coefficient (Wildman–Crippen LogP) is 2.84. The normalized spacial score (nSPS) is 15.2. The summed E-state index contributed by atoms with van der Waals surface area (Å²) in [5, 5.41) is 0. The second-order valence-electron chi connectivity index (χ2n) is 4.78. The van der Waals surface area contributed by atoms with Gasteiger partial charge in [0.2, 0.25) is 5.91 Å². The molecule has 112 valence electrons. The van der Waals surface area contributed by atoms with Crippen LogP contribution in [0.4, 0.5) is 0 Å². The molecule has 2 N–H and O–H groups in total. The lowest BCUT2D eigenvalue weighted by Crippen LogP contribution is -2.46. The SMILES string of the molecule is CSCCC(N)C(=O)N1CCc2c(Br)cccc2C1.Cl. The topological polar surface area (TPSA) is 46.3 Å². The third-order valence-electron chi connectivity index (χ3n) is 3.47. The third kappa shape index (κ3) is 4.13. The van der Waals surface area contributed by atoms with Gasteiger partial charge in [0.05, 0.1) is 6.04 Å². The van der Waals surface area contributed by atoms with Crippen molar-refractivity contribution in [3.8, 4) is 0 Å². The molecule has 0 fully saturated rings. The molecule has 1 unspecified atom stereocenters.